The van der Waals surface area contributed by atoms with E-state index in [1.807, 2.05) is 0 Å². The molecule has 2 aliphatic rings. The van der Waals surface area contributed by atoms with E-state index >= 15 is 0 Å². The molecule has 1 aromatic rings. The van der Waals surface area contributed by atoms with Crippen molar-refractivity contribution in [1.29, 1.82) is 0 Å². The standard InChI is InChI=1S/C17H27N7O4/c18-12-3-1-11(2-4-12)7-19-16-14(24(27)28)8-20-17(22-16)21-9-15(26)23-6-5-13(25)10-23/h8,11-13,25H,1-7,9-10,18H2,(H2,19,20,21,22)/t11?,12?,13-/m1/s1. The molecule has 1 atom stereocenters. The minimum Gasteiger partial charge on any atom is -0.391 e. The maximum atomic E-state index is 12.1. The maximum absolute atomic E-state index is 12.1. The third-order valence-corrected chi connectivity index (χ3v) is 5.33. The second kappa shape index (κ2) is 9.11. The highest BCUT2D eigenvalue weighted by Crippen LogP contribution is 2.26. The van der Waals surface area contributed by atoms with Crippen LogP contribution in [0, 0.1) is 16.0 Å². The van der Waals surface area contributed by atoms with Gasteiger partial charge in [0, 0.05) is 25.7 Å². The van der Waals surface area contributed by atoms with Gasteiger partial charge in [-0.05, 0) is 38.0 Å². The van der Waals surface area contributed by atoms with E-state index in [-0.39, 0.29) is 35.9 Å². The second-order valence-corrected chi connectivity index (χ2v) is 7.48. The SMILES string of the molecule is NC1CCC(CNc2nc(NCC(=O)N3CC[C@@H](O)C3)ncc2[N+](=O)[O-])CC1. The summed E-state index contributed by atoms with van der Waals surface area (Å²) in [5.74, 6) is 0.508. The van der Waals surface area contributed by atoms with Crippen LogP contribution in [0.25, 0.3) is 0 Å². The van der Waals surface area contributed by atoms with Crippen molar-refractivity contribution in [3.8, 4) is 0 Å². The number of carbonyl (C=O) groups is 1. The van der Waals surface area contributed by atoms with Crippen molar-refractivity contribution in [1.82, 2.24) is 14.9 Å². The lowest BCUT2D eigenvalue weighted by Gasteiger charge is -2.26. The molecule has 3 rings (SSSR count). The smallest absolute Gasteiger partial charge is 0.329 e. The Labute approximate surface area is 162 Å². The van der Waals surface area contributed by atoms with Crippen molar-refractivity contribution in [3.05, 3.63) is 16.3 Å². The van der Waals surface area contributed by atoms with Gasteiger partial charge < -0.3 is 26.4 Å². The molecule has 11 heteroatoms. The Morgan fingerprint density at radius 2 is 2.07 bits per heavy atom. The number of nitrogens with zero attached hydrogens (tertiary/aromatic N) is 4. The van der Waals surface area contributed by atoms with Crippen LogP contribution in [-0.4, -0.2) is 69.1 Å². The molecular weight excluding hydrogens is 366 g/mol. The highest BCUT2D eigenvalue weighted by Gasteiger charge is 2.25. The first-order chi connectivity index (χ1) is 13.4. The van der Waals surface area contributed by atoms with E-state index < -0.39 is 11.0 Å². The second-order valence-electron chi connectivity index (χ2n) is 7.48. The summed E-state index contributed by atoms with van der Waals surface area (Å²) in [7, 11) is 0. The number of nitro groups is 1. The van der Waals surface area contributed by atoms with Crippen LogP contribution in [0.15, 0.2) is 6.20 Å². The number of nitrogens with two attached hydrogens (primary N) is 1. The number of hydrogen-bond donors (Lipinski definition) is 4. The fourth-order valence-corrected chi connectivity index (χ4v) is 3.59. The van der Waals surface area contributed by atoms with Gasteiger partial charge in [-0.15, -0.1) is 0 Å². The van der Waals surface area contributed by atoms with Gasteiger partial charge in [0.25, 0.3) is 0 Å². The Kier molecular flexibility index (Phi) is 6.57. The third kappa shape index (κ3) is 5.26. The van der Waals surface area contributed by atoms with Crippen LogP contribution in [0.1, 0.15) is 32.1 Å². The Bertz CT molecular complexity index is 709. The minimum atomic E-state index is -0.528. The first-order valence-corrected chi connectivity index (χ1v) is 9.63. The summed E-state index contributed by atoms with van der Waals surface area (Å²) in [6.07, 6.45) is 5.10. The molecule has 2 fully saturated rings. The Hall–Kier alpha value is -2.53. The van der Waals surface area contributed by atoms with Crippen molar-refractivity contribution in [2.45, 2.75) is 44.2 Å². The Balaban J connectivity index is 1.59. The van der Waals surface area contributed by atoms with Crippen molar-refractivity contribution in [2.75, 3.05) is 36.8 Å². The molecular formula is C17H27N7O4. The number of anilines is 2. The van der Waals surface area contributed by atoms with Gasteiger partial charge in [-0.3, -0.25) is 14.9 Å². The molecule has 0 bridgehead atoms. The van der Waals surface area contributed by atoms with E-state index in [1.54, 1.807) is 4.90 Å². The molecule has 0 aromatic carbocycles. The van der Waals surface area contributed by atoms with E-state index in [2.05, 4.69) is 20.6 Å². The average Bonchev–Trinajstić information content (AvgIpc) is 3.12. The molecule has 1 aromatic heterocycles. The predicted octanol–water partition coefficient (Wildman–Crippen LogP) is 0.319. The number of likely N-dealkylation sites (tertiary alicyclic amines) is 1. The molecule has 0 radical (unpaired) electrons. The maximum Gasteiger partial charge on any atom is 0.329 e. The molecule has 1 aliphatic heterocycles. The molecule has 0 unspecified atom stereocenters. The van der Waals surface area contributed by atoms with Crippen molar-refractivity contribution >= 4 is 23.4 Å². The van der Waals surface area contributed by atoms with Gasteiger partial charge in [-0.2, -0.15) is 4.98 Å². The number of hydrogen-bond acceptors (Lipinski definition) is 9. The van der Waals surface area contributed by atoms with Gasteiger partial charge in [-0.25, -0.2) is 4.98 Å². The first-order valence-electron chi connectivity index (χ1n) is 9.63. The largest absolute Gasteiger partial charge is 0.391 e. The predicted molar refractivity (Wildman–Crippen MR) is 103 cm³/mol. The summed E-state index contributed by atoms with van der Waals surface area (Å²) < 4.78 is 0. The molecule has 1 saturated heterocycles. The van der Waals surface area contributed by atoms with Crippen LogP contribution in [-0.2, 0) is 4.79 Å². The molecule has 28 heavy (non-hydrogen) atoms. The molecule has 1 saturated carbocycles. The Morgan fingerprint density at radius 3 is 2.71 bits per heavy atom. The van der Waals surface area contributed by atoms with Gasteiger partial charge >= 0.3 is 5.69 Å². The first kappa shape index (κ1) is 20.2. The van der Waals surface area contributed by atoms with Crippen LogP contribution < -0.4 is 16.4 Å². The topological polar surface area (TPSA) is 160 Å². The van der Waals surface area contributed by atoms with Crippen LogP contribution >= 0.6 is 0 Å². The number of nitrogens with one attached hydrogen (secondary N) is 2. The zero-order valence-electron chi connectivity index (χ0n) is 15.7. The van der Waals surface area contributed by atoms with E-state index in [0.29, 0.717) is 32.0 Å². The van der Waals surface area contributed by atoms with Crippen LogP contribution in [0.3, 0.4) is 0 Å². The van der Waals surface area contributed by atoms with Crippen molar-refractivity contribution < 1.29 is 14.8 Å². The van der Waals surface area contributed by atoms with E-state index in [0.717, 1.165) is 31.9 Å². The van der Waals surface area contributed by atoms with Crippen molar-refractivity contribution in [2.24, 2.45) is 11.7 Å². The highest BCUT2D eigenvalue weighted by molar-refractivity contribution is 5.80. The fraction of sp³-hybridized carbons (Fsp3) is 0.706. The molecule has 0 spiro atoms. The zero-order chi connectivity index (χ0) is 20.1. The summed E-state index contributed by atoms with van der Waals surface area (Å²) >= 11 is 0. The van der Waals surface area contributed by atoms with E-state index in [9.17, 15) is 20.0 Å². The monoisotopic (exact) mass is 393 g/mol. The van der Waals surface area contributed by atoms with Gasteiger partial charge in [-0.1, -0.05) is 0 Å². The number of amides is 1. The van der Waals surface area contributed by atoms with Crippen LogP contribution in [0.4, 0.5) is 17.5 Å². The summed E-state index contributed by atoms with van der Waals surface area (Å²) in [6, 6.07) is 0.245. The number of rotatable bonds is 7. The van der Waals surface area contributed by atoms with E-state index in [4.69, 9.17) is 5.73 Å². The average molecular weight is 393 g/mol. The lowest BCUT2D eigenvalue weighted by molar-refractivity contribution is -0.384. The van der Waals surface area contributed by atoms with Gasteiger partial charge in [0.1, 0.15) is 6.20 Å². The number of aromatic nitrogens is 2. The minimum absolute atomic E-state index is 0.0372. The molecule has 1 aliphatic carbocycles. The van der Waals surface area contributed by atoms with Crippen LogP contribution in [0.2, 0.25) is 0 Å². The molecule has 1 amide bonds. The summed E-state index contributed by atoms with van der Waals surface area (Å²) in [5, 5.41) is 26.7. The number of β-amino-alcohol motifs (C(OH)–C–C–N with tert-alkyl or cyclic N) is 1. The summed E-state index contributed by atoms with van der Waals surface area (Å²) in [6.45, 7) is 1.37. The zero-order valence-corrected chi connectivity index (χ0v) is 15.7. The van der Waals surface area contributed by atoms with Gasteiger partial charge in [0.15, 0.2) is 0 Å². The normalized spacial score (nSPS) is 24.8. The van der Waals surface area contributed by atoms with Gasteiger partial charge in [0.2, 0.25) is 17.7 Å². The summed E-state index contributed by atoms with van der Waals surface area (Å²) in [4.78, 5) is 32.6. The lowest BCUT2D eigenvalue weighted by atomic mass is 9.86. The third-order valence-electron chi connectivity index (χ3n) is 5.33. The number of aliphatic hydroxyl groups excluding tert-OH is 1. The highest BCUT2D eigenvalue weighted by atomic mass is 16.6. The molecule has 154 valence electrons. The van der Waals surface area contributed by atoms with Crippen LogP contribution in [0.5, 0.6) is 0 Å². The summed E-state index contributed by atoms with van der Waals surface area (Å²) in [5.41, 5.74) is 5.71. The number of aliphatic hydroxyl groups is 1. The quantitative estimate of drug-likeness (QED) is 0.378. The fourth-order valence-electron chi connectivity index (χ4n) is 3.59. The lowest BCUT2D eigenvalue weighted by Crippen LogP contribution is -2.34. The van der Waals surface area contributed by atoms with Gasteiger partial charge in [0.05, 0.1) is 17.6 Å². The Morgan fingerprint density at radius 1 is 1.32 bits per heavy atom. The van der Waals surface area contributed by atoms with Crippen molar-refractivity contribution in [3.63, 3.8) is 0 Å². The molecule has 2 heterocycles. The molecule has 11 nitrogen and oxygen atoms in total. The number of carbonyl (C=O) groups excluding carboxylic acids is 1. The van der Waals surface area contributed by atoms with E-state index in [1.165, 1.54) is 0 Å². The molecule has 5 N–H and O–H groups in total.